The zero-order valence-electron chi connectivity index (χ0n) is 13.1. The smallest absolute Gasteiger partial charge is 0.287 e. The Labute approximate surface area is 139 Å². The molecule has 0 saturated heterocycles. The van der Waals surface area contributed by atoms with Crippen molar-refractivity contribution in [3.8, 4) is 11.8 Å². The van der Waals surface area contributed by atoms with Gasteiger partial charge in [-0.1, -0.05) is 17.9 Å². The maximum atomic E-state index is 13.2. The van der Waals surface area contributed by atoms with Gasteiger partial charge in [-0.05, 0) is 49.6 Å². The number of hydrogen-bond donors (Lipinski definition) is 2. The van der Waals surface area contributed by atoms with Gasteiger partial charge in [-0.15, -0.1) is 0 Å². The molecule has 1 heterocycles. The van der Waals surface area contributed by atoms with Crippen molar-refractivity contribution in [1.29, 1.82) is 0 Å². The number of carbonyl (C=O) groups excluding carboxylic acids is 1. The molecule has 2 aromatic rings. The molecule has 1 amide bonds. The third-order valence-corrected chi connectivity index (χ3v) is 4.07. The summed E-state index contributed by atoms with van der Waals surface area (Å²) in [4.78, 5) is 12.0. The van der Waals surface area contributed by atoms with Crippen molar-refractivity contribution >= 4 is 5.91 Å². The Kier molecular flexibility index (Phi) is 4.68. The molecule has 1 aromatic carbocycles. The number of hydrogen-bond acceptors (Lipinski definition) is 3. The van der Waals surface area contributed by atoms with Crippen molar-refractivity contribution in [2.45, 2.75) is 37.3 Å². The molecule has 1 aromatic heterocycles. The van der Waals surface area contributed by atoms with Crippen molar-refractivity contribution in [3.63, 3.8) is 0 Å². The summed E-state index contributed by atoms with van der Waals surface area (Å²) in [5, 5.41) is 13.5. The number of rotatable bonds is 2. The summed E-state index contributed by atoms with van der Waals surface area (Å²) in [6.07, 6.45) is 3.83. The van der Waals surface area contributed by atoms with Crippen LogP contribution < -0.4 is 5.32 Å². The van der Waals surface area contributed by atoms with E-state index in [4.69, 9.17) is 4.42 Å². The minimum Gasteiger partial charge on any atom is -0.459 e. The van der Waals surface area contributed by atoms with Crippen LogP contribution in [0.25, 0.3) is 0 Å². The molecule has 2 atom stereocenters. The van der Waals surface area contributed by atoms with E-state index in [-0.39, 0.29) is 23.5 Å². The van der Waals surface area contributed by atoms with E-state index in [9.17, 15) is 14.3 Å². The van der Waals surface area contributed by atoms with Gasteiger partial charge in [0.15, 0.2) is 5.76 Å². The van der Waals surface area contributed by atoms with Crippen molar-refractivity contribution in [2.75, 3.05) is 0 Å². The Morgan fingerprint density at radius 2 is 2.25 bits per heavy atom. The lowest BCUT2D eigenvalue weighted by atomic mass is 9.82. The Morgan fingerprint density at radius 3 is 3.00 bits per heavy atom. The Hall–Kier alpha value is -2.58. The third-order valence-electron chi connectivity index (χ3n) is 4.07. The van der Waals surface area contributed by atoms with E-state index in [0.29, 0.717) is 18.4 Å². The monoisotopic (exact) mass is 327 g/mol. The molecule has 24 heavy (non-hydrogen) atoms. The van der Waals surface area contributed by atoms with Crippen LogP contribution >= 0.6 is 0 Å². The van der Waals surface area contributed by atoms with Crippen molar-refractivity contribution in [2.24, 2.45) is 0 Å². The maximum Gasteiger partial charge on any atom is 0.287 e. The summed E-state index contributed by atoms with van der Waals surface area (Å²) in [6.45, 7) is 0. The molecule has 5 heteroatoms. The fraction of sp³-hybridized carbons (Fsp3) is 0.316. The zero-order chi connectivity index (χ0) is 17.0. The molecule has 4 nitrogen and oxygen atoms in total. The second kappa shape index (κ2) is 6.90. The summed E-state index contributed by atoms with van der Waals surface area (Å²) >= 11 is 0. The van der Waals surface area contributed by atoms with Crippen LogP contribution in [0.4, 0.5) is 4.39 Å². The number of nitrogens with one attached hydrogen (secondary N) is 1. The van der Waals surface area contributed by atoms with E-state index in [1.54, 1.807) is 24.3 Å². The second-order valence-corrected chi connectivity index (χ2v) is 6.04. The maximum absolute atomic E-state index is 13.2. The molecule has 2 N–H and O–H groups in total. The molecule has 0 spiro atoms. The lowest BCUT2D eigenvalue weighted by Crippen LogP contribution is -2.45. The number of carbonyl (C=O) groups is 1. The highest BCUT2D eigenvalue weighted by molar-refractivity contribution is 5.91. The highest BCUT2D eigenvalue weighted by Crippen LogP contribution is 2.28. The van der Waals surface area contributed by atoms with Gasteiger partial charge in [0.05, 0.1) is 6.26 Å². The molecule has 0 radical (unpaired) electrons. The van der Waals surface area contributed by atoms with Gasteiger partial charge >= 0.3 is 0 Å². The Bertz CT molecular complexity index is 775. The first-order valence-electron chi connectivity index (χ1n) is 7.90. The van der Waals surface area contributed by atoms with Crippen LogP contribution in [0.15, 0.2) is 47.1 Å². The molecule has 124 valence electrons. The van der Waals surface area contributed by atoms with Crippen LogP contribution in [0.2, 0.25) is 0 Å². The van der Waals surface area contributed by atoms with E-state index < -0.39 is 5.60 Å². The fourth-order valence-corrected chi connectivity index (χ4v) is 2.91. The summed E-state index contributed by atoms with van der Waals surface area (Å²) in [7, 11) is 0. The minimum absolute atomic E-state index is 0.178. The van der Waals surface area contributed by atoms with Gasteiger partial charge in [-0.3, -0.25) is 4.79 Å². The largest absolute Gasteiger partial charge is 0.459 e. The van der Waals surface area contributed by atoms with Gasteiger partial charge in [0.25, 0.3) is 5.91 Å². The first-order valence-corrected chi connectivity index (χ1v) is 7.90. The minimum atomic E-state index is -1.19. The molecular weight excluding hydrogens is 309 g/mol. The van der Waals surface area contributed by atoms with Crippen LogP contribution in [-0.2, 0) is 0 Å². The van der Waals surface area contributed by atoms with E-state index in [2.05, 4.69) is 17.2 Å². The van der Waals surface area contributed by atoms with Crippen molar-refractivity contribution in [1.82, 2.24) is 5.32 Å². The first kappa shape index (κ1) is 16.3. The summed E-state index contributed by atoms with van der Waals surface area (Å²) < 4.78 is 18.2. The SMILES string of the molecule is O=C(N[C@@H]1CCC[C@](O)(C#Cc2cccc(F)c2)C1)c1ccco1. The summed E-state index contributed by atoms with van der Waals surface area (Å²) in [6, 6.07) is 9.01. The molecule has 1 aliphatic rings. The van der Waals surface area contributed by atoms with E-state index in [1.807, 2.05) is 0 Å². The third kappa shape index (κ3) is 4.03. The molecule has 0 aliphatic heterocycles. The molecular formula is C19H18FNO3. The van der Waals surface area contributed by atoms with Crippen LogP contribution in [-0.4, -0.2) is 22.7 Å². The van der Waals surface area contributed by atoms with Gasteiger partial charge in [0, 0.05) is 18.0 Å². The molecule has 3 rings (SSSR count). The van der Waals surface area contributed by atoms with Gasteiger partial charge < -0.3 is 14.8 Å². The molecule has 1 saturated carbocycles. The summed E-state index contributed by atoms with van der Waals surface area (Å²) in [5.74, 6) is 5.26. The van der Waals surface area contributed by atoms with E-state index in [0.717, 1.165) is 12.8 Å². The highest BCUT2D eigenvalue weighted by Gasteiger charge is 2.33. The predicted octanol–water partition coefficient (Wildman–Crippen LogP) is 2.87. The Morgan fingerprint density at radius 1 is 1.38 bits per heavy atom. The van der Waals surface area contributed by atoms with Gasteiger partial charge in [0.2, 0.25) is 0 Å². The molecule has 0 bridgehead atoms. The number of amides is 1. The number of benzene rings is 1. The average Bonchev–Trinajstić information content (AvgIpc) is 3.08. The van der Waals surface area contributed by atoms with Crippen LogP contribution in [0, 0.1) is 17.7 Å². The Balaban J connectivity index is 1.67. The van der Waals surface area contributed by atoms with E-state index >= 15 is 0 Å². The normalized spacial score (nSPS) is 23.2. The number of aliphatic hydroxyl groups is 1. The molecule has 0 unspecified atom stereocenters. The molecule has 1 fully saturated rings. The first-order chi connectivity index (χ1) is 11.5. The standard InChI is InChI=1S/C19H18FNO3/c20-15-5-1-4-14(12-15)8-10-19(23)9-2-6-16(13-19)21-18(22)17-7-3-11-24-17/h1,3-5,7,11-12,16,23H,2,6,9,13H2,(H,21,22)/t16-,19+/m1/s1. The fourth-order valence-electron chi connectivity index (χ4n) is 2.91. The van der Waals surface area contributed by atoms with E-state index in [1.165, 1.54) is 18.4 Å². The number of furan rings is 1. The van der Waals surface area contributed by atoms with Crippen molar-refractivity contribution < 1.29 is 18.7 Å². The zero-order valence-corrected chi connectivity index (χ0v) is 13.1. The van der Waals surface area contributed by atoms with Gasteiger partial charge in [-0.2, -0.15) is 0 Å². The van der Waals surface area contributed by atoms with Gasteiger partial charge in [0.1, 0.15) is 11.4 Å². The topological polar surface area (TPSA) is 62.5 Å². The summed E-state index contributed by atoms with van der Waals surface area (Å²) in [5.41, 5.74) is -0.670. The predicted molar refractivity (Wildman–Crippen MR) is 86.7 cm³/mol. The molecule has 1 aliphatic carbocycles. The lowest BCUT2D eigenvalue weighted by Gasteiger charge is -2.33. The van der Waals surface area contributed by atoms with Gasteiger partial charge in [-0.25, -0.2) is 4.39 Å². The number of halogens is 1. The van der Waals surface area contributed by atoms with Crippen LogP contribution in [0.5, 0.6) is 0 Å². The highest BCUT2D eigenvalue weighted by atomic mass is 19.1. The second-order valence-electron chi connectivity index (χ2n) is 6.04. The van der Waals surface area contributed by atoms with Crippen LogP contribution in [0.3, 0.4) is 0 Å². The van der Waals surface area contributed by atoms with Crippen molar-refractivity contribution in [3.05, 3.63) is 59.8 Å². The quantitative estimate of drug-likeness (QED) is 0.834. The van der Waals surface area contributed by atoms with Crippen LogP contribution in [0.1, 0.15) is 41.8 Å². The lowest BCUT2D eigenvalue weighted by molar-refractivity contribution is 0.0448. The average molecular weight is 327 g/mol.